The summed E-state index contributed by atoms with van der Waals surface area (Å²) in [5, 5.41) is 9.39. The molecule has 1 saturated heterocycles. The maximum Gasteiger partial charge on any atom is 0.337 e. The van der Waals surface area contributed by atoms with Gasteiger partial charge in [-0.2, -0.15) is 11.8 Å². The Morgan fingerprint density at radius 3 is 2.82 bits per heavy atom. The van der Waals surface area contributed by atoms with Crippen LogP contribution in [0.1, 0.15) is 28.9 Å². The normalized spacial score (nSPS) is 16.9. The molecule has 92 valence electrons. The van der Waals surface area contributed by atoms with E-state index in [2.05, 4.69) is 4.98 Å². The van der Waals surface area contributed by atoms with Gasteiger partial charge in [-0.05, 0) is 25.0 Å². The molecule has 1 N–H and O–H groups in total. The Morgan fingerprint density at radius 1 is 1.47 bits per heavy atom. The van der Waals surface area contributed by atoms with E-state index in [1.54, 1.807) is 12.1 Å². The number of nitrogens with zero attached hydrogens (tertiary/aromatic N) is 1. The van der Waals surface area contributed by atoms with Gasteiger partial charge in [0.25, 0.3) is 0 Å². The lowest BCUT2D eigenvalue weighted by atomic mass is 10.2. The van der Waals surface area contributed by atoms with Gasteiger partial charge in [0, 0.05) is 30.4 Å². The molecule has 0 aromatic carbocycles. The smallest absolute Gasteiger partial charge is 0.337 e. The first-order chi connectivity index (χ1) is 8.25. The van der Waals surface area contributed by atoms with Crippen molar-refractivity contribution in [2.45, 2.75) is 23.8 Å². The molecule has 0 atom stereocenters. The van der Waals surface area contributed by atoms with Gasteiger partial charge < -0.3 is 9.84 Å². The maximum atomic E-state index is 10.7. The number of carboxylic acid groups (broad SMARTS) is 1. The van der Waals surface area contributed by atoms with Crippen LogP contribution in [0.3, 0.4) is 0 Å². The van der Waals surface area contributed by atoms with Crippen LogP contribution in [0.4, 0.5) is 0 Å². The third kappa shape index (κ3) is 3.71. The second-order valence-corrected chi connectivity index (χ2v) is 5.25. The Morgan fingerprint density at radius 2 is 2.24 bits per heavy atom. The van der Waals surface area contributed by atoms with E-state index in [1.807, 2.05) is 11.8 Å². The van der Waals surface area contributed by atoms with Gasteiger partial charge in [-0.25, -0.2) is 4.79 Å². The summed E-state index contributed by atoms with van der Waals surface area (Å²) in [5.74, 6) is -0.0916. The lowest BCUT2D eigenvalue weighted by Gasteiger charge is -2.21. The predicted molar refractivity (Wildman–Crippen MR) is 66.3 cm³/mol. The molecule has 0 aliphatic carbocycles. The topological polar surface area (TPSA) is 59.4 Å². The molecule has 4 nitrogen and oxygen atoms in total. The van der Waals surface area contributed by atoms with E-state index in [0.717, 1.165) is 37.5 Å². The minimum atomic E-state index is -0.930. The van der Waals surface area contributed by atoms with Crippen LogP contribution in [0.2, 0.25) is 0 Å². The summed E-state index contributed by atoms with van der Waals surface area (Å²) in [6, 6.07) is 3.39. The first kappa shape index (κ1) is 12.4. The fourth-order valence-electron chi connectivity index (χ4n) is 1.68. The molecule has 0 radical (unpaired) electrons. The number of rotatable bonds is 4. The SMILES string of the molecule is O=C(O)c1ccc(CSC2CCOCC2)nc1. The summed E-state index contributed by atoms with van der Waals surface area (Å²) < 4.78 is 5.30. The average Bonchev–Trinajstić information content (AvgIpc) is 2.38. The van der Waals surface area contributed by atoms with Gasteiger partial charge in [0.15, 0.2) is 0 Å². The van der Waals surface area contributed by atoms with Gasteiger partial charge in [0.1, 0.15) is 0 Å². The minimum Gasteiger partial charge on any atom is -0.478 e. The third-order valence-electron chi connectivity index (χ3n) is 2.71. The lowest BCUT2D eigenvalue weighted by Crippen LogP contribution is -2.17. The molecule has 5 heteroatoms. The molecule has 17 heavy (non-hydrogen) atoms. The lowest BCUT2D eigenvalue weighted by molar-refractivity contribution is 0.0696. The van der Waals surface area contributed by atoms with Gasteiger partial charge in [0.05, 0.1) is 11.3 Å². The molecule has 0 saturated carbocycles. The highest BCUT2D eigenvalue weighted by atomic mass is 32.2. The molecule has 2 heterocycles. The summed E-state index contributed by atoms with van der Waals surface area (Å²) in [6.45, 7) is 1.70. The van der Waals surface area contributed by atoms with Crippen molar-refractivity contribution < 1.29 is 14.6 Å². The van der Waals surface area contributed by atoms with Crippen LogP contribution in [-0.4, -0.2) is 34.5 Å². The molecule has 0 spiro atoms. The van der Waals surface area contributed by atoms with Crippen molar-refractivity contribution in [1.29, 1.82) is 0 Å². The Hall–Kier alpha value is -1.07. The number of thioether (sulfide) groups is 1. The van der Waals surface area contributed by atoms with Crippen molar-refractivity contribution in [2.75, 3.05) is 13.2 Å². The van der Waals surface area contributed by atoms with Crippen LogP contribution < -0.4 is 0 Å². The van der Waals surface area contributed by atoms with Gasteiger partial charge in [0.2, 0.25) is 0 Å². The van der Waals surface area contributed by atoms with Crippen LogP contribution in [0.5, 0.6) is 0 Å². The van der Waals surface area contributed by atoms with Crippen molar-refractivity contribution in [3.8, 4) is 0 Å². The Balaban J connectivity index is 1.84. The maximum absolute atomic E-state index is 10.7. The van der Waals surface area contributed by atoms with Gasteiger partial charge >= 0.3 is 5.97 Å². The zero-order valence-corrected chi connectivity index (χ0v) is 10.3. The van der Waals surface area contributed by atoms with E-state index in [4.69, 9.17) is 9.84 Å². The summed E-state index contributed by atoms with van der Waals surface area (Å²) in [5.41, 5.74) is 1.18. The van der Waals surface area contributed by atoms with Crippen LogP contribution in [0.15, 0.2) is 18.3 Å². The molecule has 0 amide bonds. The molecule has 2 rings (SSSR count). The molecule has 1 aliphatic rings. The minimum absolute atomic E-state index is 0.241. The zero-order chi connectivity index (χ0) is 12.1. The molecule has 1 aromatic rings. The van der Waals surface area contributed by atoms with Crippen molar-refractivity contribution in [2.24, 2.45) is 0 Å². The third-order valence-corrected chi connectivity index (χ3v) is 4.11. The molecular weight excluding hydrogens is 238 g/mol. The van der Waals surface area contributed by atoms with Gasteiger partial charge in [-0.3, -0.25) is 4.98 Å². The summed E-state index contributed by atoms with van der Waals surface area (Å²) in [7, 11) is 0. The molecule has 1 aromatic heterocycles. The Bertz CT molecular complexity index is 374. The highest BCUT2D eigenvalue weighted by Crippen LogP contribution is 2.24. The van der Waals surface area contributed by atoms with Crippen molar-refractivity contribution in [3.63, 3.8) is 0 Å². The number of carboxylic acids is 1. The van der Waals surface area contributed by atoms with E-state index < -0.39 is 5.97 Å². The number of hydrogen-bond acceptors (Lipinski definition) is 4. The molecule has 0 unspecified atom stereocenters. The van der Waals surface area contributed by atoms with Crippen molar-refractivity contribution >= 4 is 17.7 Å². The van der Waals surface area contributed by atoms with E-state index in [0.29, 0.717) is 5.25 Å². The molecule has 0 bridgehead atoms. The number of carbonyl (C=O) groups is 1. The Kier molecular flexibility index (Phi) is 4.39. The van der Waals surface area contributed by atoms with Gasteiger partial charge in [-0.15, -0.1) is 0 Å². The predicted octanol–water partition coefficient (Wildman–Crippen LogP) is 2.19. The van der Waals surface area contributed by atoms with Crippen LogP contribution in [-0.2, 0) is 10.5 Å². The van der Waals surface area contributed by atoms with E-state index >= 15 is 0 Å². The second-order valence-electron chi connectivity index (χ2n) is 3.97. The number of pyridine rings is 1. The molecular formula is C12H15NO3S. The monoisotopic (exact) mass is 253 g/mol. The summed E-state index contributed by atoms with van der Waals surface area (Å²) in [4.78, 5) is 14.8. The first-order valence-corrected chi connectivity index (χ1v) is 6.68. The van der Waals surface area contributed by atoms with E-state index in [1.165, 1.54) is 6.20 Å². The quantitative estimate of drug-likeness (QED) is 0.891. The van der Waals surface area contributed by atoms with Gasteiger partial charge in [-0.1, -0.05) is 0 Å². The average molecular weight is 253 g/mol. The van der Waals surface area contributed by atoms with Crippen molar-refractivity contribution in [3.05, 3.63) is 29.6 Å². The highest BCUT2D eigenvalue weighted by Gasteiger charge is 2.14. The first-order valence-electron chi connectivity index (χ1n) is 5.63. The summed E-state index contributed by atoms with van der Waals surface area (Å²) in [6.07, 6.45) is 3.61. The number of aromatic nitrogens is 1. The van der Waals surface area contributed by atoms with Crippen LogP contribution in [0.25, 0.3) is 0 Å². The number of ether oxygens (including phenoxy) is 1. The molecule has 1 fully saturated rings. The highest BCUT2D eigenvalue weighted by molar-refractivity contribution is 7.99. The second kappa shape index (κ2) is 6.02. The standard InChI is InChI=1S/C12H15NO3S/c14-12(15)9-1-2-10(13-7-9)8-17-11-3-5-16-6-4-11/h1-2,7,11H,3-6,8H2,(H,14,15). The summed E-state index contributed by atoms with van der Waals surface area (Å²) >= 11 is 1.87. The largest absolute Gasteiger partial charge is 0.478 e. The number of hydrogen-bond donors (Lipinski definition) is 1. The Labute approximate surface area is 104 Å². The van der Waals surface area contributed by atoms with E-state index in [-0.39, 0.29) is 5.56 Å². The van der Waals surface area contributed by atoms with Crippen LogP contribution in [0, 0.1) is 0 Å². The zero-order valence-electron chi connectivity index (χ0n) is 9.46. The van der Waals surface area contributed by atoms with Crippen molar-refractivity contribution in [1.82, 2.24) is 4.98 Å². The van der Waals surface area contributed by atoms with Crippen LogP contribution >= 0.6 is 11.8 Å². The fourth-order valence-corrected chi connectivity index (χ4v) is 2.79. The number of aromatic carboxylic acids is 1. The van der Waals surface area contributed by atoms with E-state index in [9.17, 15) is 4.79 Å². The molecule has 1 aliphatic heterocycles. The fraction of sp³-hybridized carbons (Fsp3) is 0.500.